The van der Waals surface area contributed by atoms with Crippen LogP contribution in [0.5, 0.6) is 11.6 Å². The number of methoxy groups -OCH3 is 1. The van der Waals surface area contributed by atoms with Gasteiger partial charge in [-0.25, -0.2) is 26.9 Å². The summed E-state index contributed by atoms with van der Waals surface area (Å²) < 4.78 is 115. The lowest BCUT2D eigenvalue weighted by Gasteiger charge is -2.33. The van der Waals surface area contributed by atoms with E-state index in [1.54, 1.807) is 13.0 Å². The summed E-state index contributed by atoms with van der Waals surface area (Å²) in [6.45, 7) is 4.74. The van der Waals surface area contributed by atoms with Crippen LogP contribution in [-0.2, 0) is 33.9 Å². The lowest BCUT2D eigenvalue weighted by Crippen LogP contribution is -2.48. The zero-order valence-electron chi connectivity index (χ0n) is 32.9. The maximum Gasteiger partial charge on any atom is 0.427 e. The van der Waals surface area contributed by atoms with Gasteiger partial charge in [-0.05, 0) is 75.5 Å². The summed E-state index contributed by atoms with van der Waals surface area (Å²) in [5.41, 5.74) is -4.45. The van der Waals surface area contributed by atoms with Crippen molar-refractivity contribution in [2.45, 2.75) is 114 Å². The lowest BCUT2D eigenvalue weighted by atomic mass is 9.82. The van der Waals surface area contributed by atoms with Crippen molar-refractivity contribution in [1.82, 2.24) is 14.6 Å². The first-order valence-electron chi connectivity index (χ1n) is 19.3. The Kier molecular flexibility index (Phi) is 11.7. The van der Waals surface area contributed by atoms with E-state index in [1.165, 1.54) is 36.4 Å². The number of sulfonamides is 1. The molecule has 4 aliphatic rings. The molecule has 7 atom stereocenters. The van der Waals surface area contributed by atoms with E-state index in [-0.39, 0.29) is 49.4 Å². The molecule has 0 spiro atoms. The molecule has 318 valence electrons. The standard InChI is InChI=1S/C40H48F5N3O9S/c1-22-8-6-7-9-24-18-38(24,36(52)47-58(53,54)39(42)12-13-39)19-31(49)30-16-26(56-34-29-15-25(41)10-11-27(29)32(55-5)20-46-34)21-48(30)35(51)28(23(2)14-22)17-33(50)57-37(3,4)40(43,44)45/h7,9-11,15,20,22-24,26,28,30H,6,8,12-14,16-19,21H2,1-5H3,(H,47,52)/b9-7-/t22-,23-,24-,26-,28+,30+,38-/m1/s1. The minimum atomic E-state index is -4.91. The highest BCUT2D eigenvalue weighted by Crippen LogP contribution is 2.58. The molecular weight excluding hydrogens is 794 g/mol. The molecule has 0 unspecified atom stereocenters. The van der Waals surface area contributed by atoms with Crippen molar-refractivity contribution in [1.29, 1.82) is 0 Å². The van der Waals surface area contributed by atoms with E-state index in [1.807, 2.05) is 17.7 Å². The fraction of sp³-hybridized carbons (Fsp3) is 0.625. The largest absolute Gasteiger partial charge is 0.494 e. The van der Waals surface area contributed by atoms with Gasteiger partial charge in [0.05, 0.1) is 49.0 Å². The van der Waals surface area contributed by atoms with E-state index in [9.17, 15) is 49.5 Å². The number of hydrogen-bond donors (Lipinski definition) is 1. The monoisotopic (exact) mass is 841 g/mol. The van der Waals surface area contributed by atoms with E-state index in [4.69, 9.17) is 14.2 Å². The minimum absolute atomic E-state index is 0.0479. The van der Waals surface area contributed by atoms with Gasteiger partial charge in [0.15, 0.2) is 5.78 Å². The van der Waals surface area contributed by atoms with Gasteiger partial charge in [0, 0.05) is 31.1 Å². The number of nitrogens with one attached hydrogen (secondary N) is 1. The second-order valence-electron chi connectivity index (χ2n) is 16.8. The number of esters is 1. The summed E-state index contributed by atoms with van der Waals surface area (Å²) in [5.74, 6) is -6.52. The van der Waals surface area contributed by atoms with Gasteiger partial charge in [0.1, 0.15) is 17.7 Å². The average Bonchev–Trinajstić information content (AvgIpc) is 4.01. The number of fused-ring (bicyclic) bond motifs is 3. The summed E-state index contributed by atoms with van der Waals surface area (Å²) in [5, 5.41) is -1.92. The van der Waals surface area contributed by atoms with Crippen molar-refractivity contribution in [2.24, 2.45) is 29.1 Å². The Bertz CT molecular complexity index is 2110. The Morgan fingerprint density at radius 1 is 1.09 bits per heavy atom. The number of hydrogen-bond acceptors (Lipinski definition) is 10. The summed E-state index contributed by atoms with van der Waals surface area (Å²) in [7, 11) is -3.32. The third-order valence-corrected chi connectivity index (χ3v) is 13.9. The van der Waals surface area contributed by atoms with E-state index < -0.39 is 104 Å². The molecule has 2 amide bonds. The van der Waals surface area contributed by atoms with Crippen LogP contribution in [0.15, 0.2) is 36.5 Å². The molecule has 1 N–H and O–H groups in total. The Balaban J connectivity index is 1.36. The highest BCUT2D eigenvalue weighted by molar-refractivity contribution is 7.91. The number of rotatable bonds is 9. The number of aromatic nitrogens is 1. The summed E-state index contributed by atoms with van der Waals surface area (Å²) in [6.07, 6.45) is -1.47. The van der Waals surface area contributed by atoms with E-state index >= 15 is 0 Å². The number of alkyl halides is 4. The molecule has 2 aliphatic carbocycles. The number of pyridine rings is 1. The molecular formula is C40H48F5N3O9S. The molecule has 0 bridgehead atoms. The number of Topliss-reactive ketones (excluding diaryl/α,β-unsaturated/α-hetero) is 1. The molecule has 3 fully saturated rings. The number of nitrogens with zero attached hydrogens (tertiary/aromatic N) is 2. The third kappa shape index (κ3) is 8.67. The SMILES string of the molecule is COc1cnc(O[C@@H]2C[C@H]3C(=O)C[C@]4(C(=O)NS(=O)(=O)C5(F)CC5)C[C@H]4/C=C\CC[C@@H](C)C[C@@H](C)[C@H](CC(=O)OC(C)(C)C(F)(F)F)C(=O)N3C2)c2cc(F)ccc12. The van der Waals surface area contributed by atoms with Crippen LogP contribution in [0, 0.1) is 34.9 Å². The summed E-state index contributed by atoms with van der Waals surface area (Å²) >= 11 is 0. The van der Waals surface area contributed by atoms with Crippen molar-refractivity contribution in [2.75, 3.05) is 13.7 Å². The van der Waals surface area contributed by atoms with Gasteiger partial charge in [-0.1, -0.05) is 26.0 Å². The van der Waals surface area contributed by atoms with Gasteiger partial charge in [-0.15, -0.1) is 0 Å². The van der Waals surface area contributed by atoms with Gasteiger partial charge < -0.3 is 19.1 Å². The predicted octanol–water partition coefficient (Wildman–Crippen LogP) is 6.50. The molecule has 1 aromatic heterocycles. The fourth-order valence-corrected chi connectivity index (χ4v) is 9.39. The Labute approximate surface area is 333 Å². The van der Waals surface area contributed by atoms with Crippen molar-refractivity contribution >= 4 is 44.4 Å². The smallest absolute Gasteiger partial charge is 0.427 e. The van der Waals surface area contributed by atoms with Gasteiger partial charge in [-0.3, -0.25) is 19.2 Å². The maximum atomic E-state index is 14.8. The van der Waals surface area contributed by atoms with Crippen LogP contribution in [0.3, 0.4) is 0 Å². The molecule has 2 aliphatic heterocycles. The maximum absolute atomic E-state index is 14.8. The Hall–Kier alpha value is -4.35. The van der Waals surface area contributed by atoms with E-state index in [0.717, 1.165) is 0 Å². The first-order chi connectivity index (χ1) is 27.0. The second kappa shape index (κ2) is 15.7. The quantitative estimate of drug-likeness (QED) is 0.168. The topological polar surface area (TPSA) is 158 Å². The molecule has 12 nitrogen and oxygen atoms in total. The third-order valence-electron chi connectivity index (χ3n) is 12.0. The van der Waals surface area contributed by atoms with Crippen LogP contribution >= 0.6 is 0 Å². The number of ether oxygens (including phenoxy) is 3. The number of carbonyl (C=O) groups is 4. The van der Waals surface area contributed by atoms with E-state index in [2.05, 4.69) is 4.98 Å². The molecule has 3 heterocycles. The van der Waals surface area contributed by atoms with Gasteiger partial charge >= 0.3 is 12.1 Å². The first-order valence-corrected chi connectivity index (χ1v) is 20.8. The van der Waals surface area contributed by atoms with Crippen molar-refractivity contribution in [3.63, 3.8) is 0 Å². The number of carbonyl (C=O) groups excluding carboxylic acids is 4. The molecule has 1 aromatic carbocycles. The predicted molar refractivity (Wildman–Crippen MR) is 199 cm³/mol. The number of allylic oxidation sites excluding steroid dienone is 2. The number of ketones is 1. The molecule has 2 saturated carbocycles. The van der Waals surface area contributed by atoms with Crippen molar-refractivity contribution in [3.8, 4) is 11.6 Å². The van der Waals surface area contributed by atoms with Crippen LogP contribution in [0.2, 0.25) is 0 Å². The van der Waals surface area contributed by atoms with Crippen molar-refractivity contribution < 1.29 is 63.8 Å². The van der Waals surface area contributed by atoms with Crippen LogP contribution in [0.1, 0.15) is 85.5 Å². The highest BCUT2D eigenvalue weighted by atomic mass is 32.2. The van der Waals surface area contributed by atoms with E-state index in [0.29, 0.717) is 44.2 Å². The number of amides is 2. The van der Waals surface area contributed by atoms with Crippen LogP contribution in [-0.4, -0.2) is 84.4 Å². The molecule has 2 aromatic rings. The van der Waals surface area contributed by atoms with Crippen molar-refractivity contribution in [3.05, 3.63) is 42.4 Å². The minimum Gasteiger partial charge on any atom is -0.494 e. The Morgan fingerprint density at radius 2 is 1.79 bits per heavy atom. The highest BCUT2D eigenvalue weighted by Gasteiger charge is 2.64. The summed E-state index contributed by atoms with van der Waals surface area (Å²) in [6, 6.07) is 2.55. The first kappa shape index (κ1) is 43.2. The van der Waals surface area contributed by atoms with Gasteiger partial charge in [0.25, 0.3) is 10.0 Å². The molecule has 0 radical (unpaired) electrons. The zero-order chi connectivity index (χ0) is 42.6. The molecule has 58 heavy (non-hydrogen) atoms. The second-order valence-corrected chi connectivity index (χ2v) is 18.8. The van der Waals surface area contributed by atoms with Gasteiger partial charge in [-0.2, -0.15) is 13.2 Å². The van der Waals surface area contributed by atoms with Crippen LogP contribution in [0.25, 0.3) is 10.8 Å². The fourth-order valence-electron chi connectivity index (χ4n) is 8.12. The number of benzene rings is 1. The molecule has 1 saturated heterocycles. The number of halogens is 5. The Morgan fingerprint density at radius 3 is 2.45 bits per heavy atom. The van der Waals surface area contributed by atoms with Crippen LogP contribution < -0.4 is 14.2 Å². The lowest BCUT2D eigenvalue weighted by molar-refractivity contribution is -0.257. The molecule has 6 rings (SSSR count). The normalized spacial score (nSPS) is 29.7. The van der Waals surface area contributed by atoms with Crippen LogP contribution in [0.4, 0.5) is 22.0 Å². The van der Waals surface area contributed by atoms with Gasteiger partial charge in [0.2, 0.25) is 28.3 Å². The zero-order valence-corrected chi connectivity index (χ0v) is 33.7. The average molecular weight is 842 g/mol. The summed E-state index contributed by atoms with van der Waals surface area (Å²) in [4.78, 5) is 61.8. The molecule has 18 heteroatoms.